The molecule has 6 nitrogen and oxygen atoms in total. The van der Waals surface area contributed by atoms with Crippen LogP contribution in [0.4, 0.5) is 43.9 Å². The maximum absolute atomic E-state index is 15.3. The maximum Gasteiger partial charge on any atom is 0.320 e. The van der Waals surface area contributed by atoms with Gasteiger partial charge < -0.3 is 0 Å². The minimum atomic E-state index is -6.86. The van der Waals surface area contributed by atoms with E-state index in [4.69, 9.17) is 9.11 Å². The van der Waals surface area contributed by atoms with Gasteiger partial charge in [0.1, 0.15) is 0 Å². The van der Waals surface area contributed by atoms with E-state index in [2.05, 4.69) is 0 Å². The average Bonchev–Trinajstić information content (AvgIpc) is 2.58. The molecule has 0 amide bonds. The first kappa shape index (κ1) is 25.9. The number of alkyl halides is 10. The zero-order valence-electron chi connectivity index (χ0n) is 14.3. The van der Waals surface area contributed by atoms with Crippen LogP contribution in [0.1, 0.15) is 6.42 Å². The van der Waals surface area contributed by atoms with E-state index >= 15 is 8.78 Å². The molecule has 0 aromatic carbocycles. The number of hydrogen-bond acceptors (Lipinski definition) is 4. The van der Waals surface area contributed by atoms with E-state index in [0.717, 1.165) is 0 Å². The fraction of sp³-hybridized carbons (Fsp3) is 0.692. The Labute approximate surface area is 167 Å². The Morgan fingerprint density at radius 2 is 0.903 bits per heavy atom. The lowest BCUT2D eigenvalue weighted by Crippen LogP contribution is -2.74. The van der Waals surface area contributed by atoms with E-state index in [-0.39, 0.29) is 0 Å². The Hall–Kier alpha value is -1.40. The van der Waals surface area contributed by atoms with Gasteiger partial charge in [0.25, 0.3) is 10.0 Å². The van der Waals surface area contributed by atoms with Gasteiger partial charge in [0.05, 0.1) is 0 Å². The number of hydrogen-bond donors (Lipinski definition) is 2. The molecule has 6 atom stereocenters. The van der Waals surface area contributed by atoms with Crippen LogP contribution in [0, 0.1) is 0 Å². The summed E-state index contributed by atoms with van der Waals surface area (Å²) in [5.41, 5.74) is -12.4. The van der Waals surface area contributed by atoms with Crippen molar-refractivity contribution in [2.75, 3.05) is 0 Å². The molecule has 0 radical (unpaired) electrons. The van der Waals surface area contributed by atoms with Crippen LogP contribution in [0.15, 0.2) is 24.3 Å². The van der Waals surface area contributed by atoms with E-state index in [0.29, 0.717) is 0 Å². The zero-order chi connectivity index (χ0) is 24.7. The highest BCUT2D eigenvalue weighted by Gasteiger charge is 2.85. The predicted octanol–water partition coefficient (Wildman–Crippen LogP) is 2.99. The maximum atomic E-state index is 15.3. The minimum absolute atomic E-state index is 0.696. The van der Waals surface area contributed by atoms with Gasteiger partial charge >= 0.3 is 32.1 Å². The molecule has 0 aliphatic heterocycles. The molecule has 0 aromatic rings. The van der Waals surface area contributed by atoms with Crippen molar-refractivity contribution in [3.05, 3.63) is 24.3 Å². The number of halogens is 10. The molecule has 6 unspecified atom stereocenters. The Bertz CT molecular complexity index is 963. The lowest BCUT2D eigenvalue weighted by atomic mass is 9.70. The van der Waals surface area contributed by atoms with Gasteiger partial charge in [-0.25, -0.2) is 26.3 Å². The van der Waals surface area contributed by atoms with Crippen molar-refractivity contribution in [2.24, 2.45) is 0 Å². The summed E-state index contributed by atoms with van der Waals surface area (Å²) in [6.45, 7) is 0. The van der Waals surface area contributed by atoms with Crippen LogP contribution in [0.25, 0.3) is 0 Å². The summed E-state index contributed by atoms with van der Waals surface area (Å²) < 4.78 is 207. The molecular weight excluding hydrogens is 506 g/mol. The van der Waals surface area contributed by atoms with Gasteiger partial charge in [-0.15, -0.1) is 0 Å². The summed E-state index contributed by atoms with van der Waals surface area (Å²) in [7, 11) is -13.7. The van der Waals surface area contributed by atoms with E-state index in [1.807, 2.05) is 0 Å². The molecule has 2 rings (SSSR count). The fourth-order valence-corrected chi connectivity index (χ4v) is 4.94. The molecule has 2 N–H and O–H groups in total. The molecule has 0 spiro atoms. The van der Waals surface area contributed by atoms with E-state index < -0.39 is 96.5 Å². The summed E-state index contributed by atoms with van der Waals surface area (Å²) in [4.78, 5) is 0. The number of rotatable bonds is 4. The summed E-state index contributed by atoms with van der Waals surface area (Å²) in [6.07, 6.45) is -15.4. The molecule has 0 saturated heterocycles. The predicted molar refractivity (Wildman–Crippen MR) is 81.0 cm³/mol. The monoisotopic (exact) mass is 516 g/mol. The van der Waals surface area contributed by atoms with Crippen molar-refractivity contribution in [1.29, 1.82) is 0 Å². The van der Waals surface area contributed by atoms with Crippen molar-refractivity contribution in [1.82, 2.24) is 0 Å². The van der Waals surface area contributed by atoms with Gasteiger partial charge in [0.15, 0.2) is 12.3 Å². The van der Waals surface area contributed by atoms with Crippen molar-refractivity contribution in [3.8, 4) is 0 Å². The second-order valence-corrected chi connectivity index (χ2v) is 9.88. The fourth-order valence-electron chi connectivity index (χ4n) is 3.21. The molecule has 0 aromatic heterocycles. The number of allylic oxidation sites excluding steroid dienone is 2. The average molecular weight is 516 g/mol. The molecule has 2 aliphatic carbocycles. The molecule has 0 bridgehead atoms. The molecule has 0 heterocycles. The second-order valence-electron chi connectivity index (χ2n) is 6.79. The lowest BCUT2D eigenvalue weighted by molar-refractivity contribution is -0.263. The van der Waals surface area contributed by atoms with Crippen molar-refractivity contribution in [3.63, 3.8) is 0 Å². The molecule has 18 heteroatoms. The normalized spacial score (nSPS) is 44.9. The smallest absolute Gasteiger partial charge is 0.283 e. The highest BCUT2D eigenvalue weighted by Crippen LogP contribution is 2.62. The van der Waals surface area contributed by atoms with E-state index in [1.54, 1.807) is 0 Å². The minimum Gasteiger partial charge on any atom is -0.283 e. The Morgan fingerprint density at radius 1 is 0.645 bits per heavy atom. The second kappa shape index (κ2) is 6.57. The van der Waals surface area contributed by atoms with Crippen LogP contribution >= 0.6 is 0 Å². The van der Waals surface area contributed by atoms with Crippen molar-refractivity contribution < 1.29 is 69.8 Å². The highest BCUT2D eigenvalue weighted by molar-refractivity contribution is 7.87. The van der Waals surface area contributed by atoms with Gasteiger partial charge in [-0.1, -0.05) is 0 Å². The van der Waals surface area contributed by atoms with Gasteiger partial charge in [0, 0.05) is 6.42 Å². The summed E-state index contributed by atoms with van der Waals surface area (Å²) >= 11 is 0. The lowest BCUT2D eigenvalue weighted by Gasteiger charge is -2.50. The molecule has 0 saturated carbocycles. The Balaban J connectivity index is 2.96. The summed E-state index contributed by atoms with van der Waals surface area (Å²) in [5, 5.41) is -11.3. The van der Waals surface area contributed by atoms with Crippen LogP contribution in [0.5, 0.6) is 0 Å². The molecule has 31 heavy (non-hydrogen) atoms. The third-order valence-corrected chi connectivity index (χ3v) is 7.45. The Kier molecular flexibility index (Phi) is 5.48. The van der Waals surface area contributed by atoms with Crippen LogP contribution in [-0.4, -0.2) is 71.5 Å². The van der Waals surface area contributed by atoms with Crippen LogP contribution in [-0.2, 0) is 20.2 Å². The summed E-state index contributed by atoms with van der Waals surface area (Å²) in [6, 6.07) is 0. The quantitative estimate of drug-likeness (QED) is 0.338. The Morgan fingerprint density at radius 3 is 1.13 bits per heavy atom. The van der Waals surface area contributed by atoms with Gasteiger partial charge in [-0.05, 0) is 24.3 Å². The van der Waals surface area contributed by atoms with Gasteiger partial charge in [0.2, 0.25) is 11.3 Å². The first-order chi connectivity index (χ1) is 13.5. The van der Waals surface area contributed by atoms with Crippen molar-refractivity contribution >= 4 is 20.2 Å². The topological polar surface area (TPSA) is 109 Å². The summed E-state index contributed by atoms with van der Waals surface area (Å²) in [5.74, 6) is -12.4. The standard InChI is InChI=1S/C13H10F10O6S2/c14-6-1-3-10(18,30(24,25)26)8(16,12(6,20)21)5-9(17)11(19,31(27,28)29)4-2-7(15)13(9,22)23/h1-4,6-7H,5H2,(H,24,25,26)(H,27,28,29). The van der Waals surface area contributed by atoms with E-state index in [9.17, 15) is 52.0 Å². The van der Waals surface area contributed by atoms with Gasteiger partial charge in [-0.3, -0.25) is 9.11 Å². The third-order valence-electron chi connectivity index (χ3n) is 5.03. The zero-order valence-corrected chi connectivity index (χ0v) is 15.9. The molecule has 0 fully saturated rings. The van der Waals surface area contributed by atoms with Crippen molar-refractivity contribution in [2.45, 2.75) is 51.9 Å². The molecular formula is C13H10F10O6S2. The molecule has 180 valence electrons. The first-order valence-electron chi connectivity index (χ1n) is 7.58. The largest absolute Gasteiger partial charge is 0.320 e. The molecule has 2 aliphatic rings. The van der Waals surface area contributed by atoms with Crippen LogP contribution < -0.4 is 0 Å². The third kappa shape index (κ3) is 2.97. The highest BCUT2D eigenvalue weighted by atomic mass is 32.2. The SMILES string of the molecule is O=S(=O)(O)C1(F)C=CC(F)C(F)(F)C1(F)CC1(F)C(F)(F)C(F)C=CC1(F)S(=O)(=O)O. The van der Waals surface area contributed by atoms with E-state index in [1.165, 1.54) is 0 Å². The first-order valence-corrected chi connectivity index (χ1v) is 10.5. The van der Waals surface area contributed by atoms with Crippen LogP contribution in [0.2, 0.25) is 0 Å². The van der Waals surface area contributed by atoms with Crippen LogP contribution in [0.3, 0.4) is 0 Å². The van der Waals surface area contributed by atoms with Gasteiger partial charge in [-0.2, -0.15) is 34.4 Å².